The average molecular weight is 278 g/mol. The molecule has 1 heterocycles. The molecule has 0 amide bonds. The van der Waals surface area contributed by atoms with Crippen LogP contribution in [0.4, 0.5) is 0 Å². The first-order valence-corrected chi connectivity index (χ1v) is 8.08. The number of allylic oxidation sites excluding steroid dienone is 2. The molecule has 2 aliphatic rings. The van der Waals surface area contributed by atoms with E-state index in [1.54, 1.807) is 0 Å². The molecule has 1 saturated heterocycles. The molecule has 1 aliphatic heterocycles. The van der Waals surface area contributed by atoms with E-state index in [4.69, 9.17) is 10.5 Å². The van der Waals surface area contributed by atoms with Crippen LogP contribution in [0.2, 0.25) is 0 Å². The highest BCUT2D eigenvalue weighted by molar-refractivity contribution is 5.01. The third-order valence-electron chi connectivity index (χ3n) is 4.81. The molecule has 2 rings (SSSR count). The highest BCUT2D eigenvalue weighted by Gasteiger charge is 2.25. The van der Waals surface area contributed by atoms with Gasteiger partial charge >= 0.3 is 0 Å². The molecule has 114 valence electrons. The minimum atomic E-state index is -0.00311. The maximum Gasteiger partial charge on any atom is 0.101 e. The second-order valence-electron chi connectivity index (χ2n) is 6.53. The summed E-state index contributed by atoms with van der Waals surface area (Å²) in [5.41, 5.74) is 5.98. The van der Waals surface area contributed by atoms with Gasteiger partial charge in [0.25, 0.3) is 0 Å². The van der Waals surface area contributed by atoms with Gasteiger partial charge in [-0.05, 0) is 43.6 Å². The van der Waals surface area contributed by atoms with E-state index in [2.05, 4.69) is 31.4 Å². The van der Waals surface area contributed by atoms with E-state index in [9.17, 15) is 0 Å². The second kappa shape index (κ2) is 7.28. The third-order valence-corrected chi connectivity index (χ3v) is 4.81. The zero-order chi connectivity index (χ0) is 14.5. The Morgan fingerprint density at radius 1 is 1.35 bits per heavy atom. The van der Waals surface area contributed by atoms with Crippen molar-refractivity contribution in [3.8, 4) is 0 Å². The highest BCUT2D eigenvalue weighted by atomic mass is 16.5. The minimum Gasteiger partial charge on any atom is -0.495 e. The van der Waals surface area contributed by atoms with Gasteiger partial charge in [-0.25, -0.2) is 0 Å². The van der Waals surface area contributed by atoms with Gasteiger partial charge < -0.3 is 10.5 Å². The normalized spacial score (nSPS) is 27.2. The summed E-state index contributed by atoms with van der Waals surface area (Å²) in [6, 6.07) is 0. The number of hydrogen-bond acceptors (Lipinski definition) is 3. The first-order valence-electron chi connectivity index (χ1n) is 8.08. The number of nitrogens with zero attached hydrogens (tertiary/aromatic N) is 1. The van der Waals surface area contributed by atoms with Crippen molar-refractivity contribution in [3.63, 3.8) is 0 Å². The van der Waals surface area contributed by atoms with E-state index in [1.807, 2.05) is 6.08 Å². The summed E-state index contributed by atoms with van der Waals surface area (Å²) in [5.74, 6) is 2.86. The molecule has 2 N–H and O–H groups in total. The van der Waals surface area contributed by atoms with Crippen LogP contribution in [-0.2, 0) is 4.74 Å². The van der Waals surface area contributed by atoms with Gasteiger partial charge in [-0.3, -0.25) is 4.90 Å². The molecular formula is C17H30N2O. The predicted octanol–water partition coefficient (Wildman–Crippen LogP) is 3.28. The maximum absolute atomic E-state index is 6.19. The van der Waals surface area contributed by atoms with Crippen molar-refractivity contribution >= 4 is 0 Å². The second-order valence-corrected chi connectivity index (χ2v) is 6.53. The Kier molecular flexibility index (Phi) is 5.67. The predicted molar refractivity (Wildman–Crippen MR) is 84.1 cm³/mol. The van der Waals surface area contributed by atoms with Crippen LogP contribution in [0.5, 0.6) is 0 Å². The molecule has 20 heavy (non-hydrogen) atoms. The minimum absolute atomic E-state index is 0.00311. The lowest BCUT2D eigenvalue weighted by atomic mass is 9.84. The Balaban J connectivity index is 1.75. The zero-order valence-corrected chi connectivity index (χ0v) is 13.1. The molecule has 1 fully saturated rings. The molecule has 0 saturated carbocycles. The fourth-order valence-corrected chi connectivity index (χ4v) is 3.20. The Bertz CT molecular complexity index is 343. The molecule has 0 radical (unpaired) electrons. The Hall–Kier alpha value is -0.800. The average Bonchev–Trinajstić information content (AvgIpc) is 2.48. The maximum atomic E-state index is 6.19. The number of piperidine rings is 1. The summed E-state index contributed by atoms with van der Waals surface area (Å²) in [5, 5.41) is 0. The standard InChI is InChI=1S/C17H30N2O/c1-4-17(18)19-11-9-16(10-12-19)20-15-7-5-14(6-8-15)13(2)3/h4,7,13-14,16-17H,1,5-6,8-12,18H2,2-3H3/t14-,17?/m0/s1. The van der Waals surface area contributed by atoms with E-state index in [0.29, 0.717) is 6.10 Å². The number of ether oxygens (including phenoxy) is 1. The van der Waals surface area contributed by atoms with Gasteiger partial charge in [-0.1, -0.05) is 19.9 Å². The van der Waals surface area contributed by atoms with Crippen molar-refractivity contribution in [1.82, 2.24) is 4.90 Å². The quantitative estimate of drug-likeness (QED) is 0.784. The molecule has 2 atom stereocenters. The van der Waals surface area contributed by atoms with Crippen molar-refractivity contribution in [2.45, 2.75) is 58.2 Å². The lowest BCUT2D eigenvalue weighted by molar-refractivity contribution is 0.0349. The van der Waals surface area contributed by atoms with Gasteiger partial charge in [0.15, 0.2) is 0 Å². The first kappa shape index (κ1) is 15.6. The van der Waals surface area contributed by atoms with Crippen LogP contribution in [0.15, 0.2) is 24.5 Å². The fourth-order valence-electron chi connectivity index (χ4n) is 3.20. The summed E-state index contributed by atoms with van der Waals surface area (Å²) in [6.07, 6.45) is 10.3. The summed E-state index contributed by atoms with van der Waals surface area (Å²) in [4.78, 5) is 2.27. The summed E-state index contributed by atoms with van der Waals surface area (Å²) >= 11 is 0. The number of likely N-dealkylation sites (tertiary alicyclic amines) is 1. The lowest BCUT2D eigenvalue weighted by Gasteiger charge is -2.35. The van der Waals surface area contributed by atoms with Crippen molar-refractivity contribution in [3.05, 3.63) is 24.5 Å². The van der Waals surface area contributed by atoms with Gasteiger partial charge in [-0.15, -0.1) is 6.58 Å². The Morgan fingerprint density at radius 2 is 2.05 bits per heavy atom. The number of rotatable bonds is 5. The smallest absolute Gasteiger partial charge is 0.101 e. The first-order chi connectivity index (χ1) is 9.60. The zero-order valence-electron chi connectivity index (χ0n) is 13.1. The van der Waals surface area contributed by atoms with Crippen LogP contribution in [0.3, 0.4) is 0 Å². The van der Waals surface area contributed by atoms with E-state index in [-0.39, 0.29) is 6.17 Å². The van der Waals surface area contributed by atoms with Crippen LogP contribution in [0.25, 0.3) is 0 Å². The van der Waals surface area contributed by atoms with Crippen LogP contribution in [-0.4, -0.2) is 30.3 Å². The van der Waals surface area contributed by atoms with Crippen molar-refractivity contribution in [2.75, 3.05) is 13.1 Å². The van der Waals surface area contributed by atoms with Crippen LogP contribution >= 0.6 is 0 Å². The Morgan fingerprint density at radius 3 is 2.55 bits per heavy atom. The number of nitrogens with two attached hydrogens (primary N) is 1. The van der Waals surface area contributed by atoms with Gasteiger partial charge in [0.1, 0.15) is 6.10 Å². The summed E-state index contributed by atoms with van der Waals surface area (Å²) in [7, 11) is 0. The molecule has 0 aromatic heterocycles. The SMILES string of the molecule is C=CC(N)N1CCC(OC2=CC[C@H](C(C)C)CC2)CC1. The molecule has 1 aliphatic carbocycles. The summed E-state index contributed by atoms with van der Waals surface area (Å²) in [6.45, 7) is 10.4. The van der Waals surface area contributed by atoms with Gasteiger partial charge in [0, 0.05) is 19.5 Å². The highest BCUT2D eigenvalue weighted by Crippen LogP contribution is 2.31. The van der Waals surface area contributed by atoms with E-state index < -0.39 is 0 Å². The molecule has 3 nitrogen and oxygen atoms in total. The van der Waals surface area contributed by atoms with Gasteiger partial charge in [0.2, 0.25) is 0 Å². The van der Waals surface area contributed by atoms with Crippen LogP contribution in [0.1, 0.15) is 46.0 Å². The van der Waals surface area contributed by atoms with Crippen LogP contribution < -0.4 is 5.73 Å². The molecule has 0 spiro atoms. The molecule has 1 unspecified atom stereocenters. The largest absolute Gasteiger partial charge is 0.495 e. The van der Waals surface area contributed by atoms with Crippen molar-refractivity contribution in [1.29, 1.82) is 0 Å². The molecular weight excluding hydrogens is 248 g/mol. The van der Waals surface area contributed by atoms with E-state index >= 15 is 0 Å². The topological polar surface area (TPSA) is 38.5 Å². The Labute approximate surface area is 123 Å². The van der Waals surface area contributed by atoms with Crippen molar-refractivity contribution in [2.24, 2.45) is 17.6 Å². The monoisotopic (exact) mass is 278 g/mol. The molecule has 0 aromatic rings. The lowest BCUT2D eigenvalue weighted by Crippen LogP contribution is -2.46. The van der Waals surface area contributed by atoms with E-state index in [1.165, 1.54) is 18.6 Å². The summed E-state index contributed by atoms with van der Waals surface area (Å²) < 4.78 is 6.19. The third kappa shape index (κ3) is 4.10. The molecule has 0 bridgehead atoms. The van der Waals surface area contributed by atoms with Crippen LogP contribution in [0, 0.1) is 11.8 Å². The van der Waals surface area contributed by atoms with E-state index in [0.717, 1.165) is 44.2 Å². The van der Waals surface area contributed by atoms with Crippen molar-refractivity contribution < 1.29 is 4.74 Å². The number of hydrogen-bond donors (Lipinski definition) is 1. The van der Waals surface area contributed by atoms with Gasteiger partial charge in [-0.2, -0.15) is 0 Å². The fraction of sp³-hybridized carbons (Fsp3) is 0.765. The molecule has 0 aromatic carbocycles. The van der Waals surface area contributed by atoms with Gasteiger partial charge in [0.05, 0.1) is 11.9 Å². The molecule has 3 heteroatoms.